The van der Waals surface area contributed by atoms with Gasteiger partial charge in [0.2, 0.25) is 0 Å². The smallest absolute Gasteiger partial charge is 0 e. The molecule has 0 saturated heterocycles. The van der Waals surface area contributed by atoms with Gasteiger partial charge in [0.1, 0.15) is 0 Å². The van der Waals surface area contributed by atoms with E-state index in [2.05, 4.69) is 0 Å². The fraction of sp³-hybridized carbons (Fsp3) is 0. The molecule has 0 heterocycles. The summed E-state index contributed by atoms with van der Waals surface area (Å²) in [5.41, 5.74) is 0. The largest absolute Gasteiger partial charge is 0.358 e. The van der Waals surface area contributed by atoms with Crippen molar-refractivity contribution in [1.29, 1.82) is 0 Å². The minimum absolute atomic E-state index is 0. The molecule has 2 heteroatoms. The Morgan fingerprint density at radius 2 is 0.208 bits per heavy atom. The quantitative estimate of drug-likeness (QED) is 0.440. The molecule has 0 aromatic heterocycles. The van der Waals surface area contributed by atoms with Gasteiger partial charge in [-0.1, -0.05) is 0 Å². The van der Waals surface area contributed by atoms with Crippen LogP contribution in [-0.2, 0) is 65.4 Å². The molecule has 0 unspecified atom stereocenters. The normalized spacial score (nSPS) is 20.0. The first kappa shape index (κ1) is 33.8. The van der Waals surface area contributed by atoms with E-state index in [4.69, 9.17) is 0 Å². The van der Waals surface area contributed by atoms with Crippen molar-refractivity contribution in [2.24, 2.45) is 0 Å². The molecular weight excluding hydrogens is 442 g/mol. The Labute approximate surface area is 206 Å². The monoisotopic (exact) mass is 468 g/mol. The van der Waals surface area contributed by atoms with Gasteiger partial charge < -0.3 is 14.9 Å². The topological polar surface area (TPSA) is 0 Å². The molecule has 4 rings (SSSR count). The van der Waals surface area contributed by atoms with Crippen LogP contribution in [0.5, 0.6) is 0 Å². The maximum absolute atomic E-state index is 2.00. The van der Waals surface area contributed by atoms with Gasteiger partial charge in [0.05, 0.1) is 0 Å². The predicted molar refractivity (Wildman–Crippen MR) is 98.8 cm³/mol. The van der Waals surface area contributed by atoms with Gasteiger partial charge in [-0.2, -0.15) is 0 Å². The molecule has 24 heavy (non-hydrogen) atoms. The van der Waals surface area contributed by atoms with Crippen LogP contribution in [-0.4, -0.2) is 0 Å². The fourth-order valence-electron chi connectivity index (χ4n) is 1.28. The van der Waals surface area contributed by atoms with Crippen molar-refractivity contribution in [3.63, 3.8) is 0 Å². The number of hydrogen-bond donors (Lipinski definition) is 0. The molecule has 0 atom stereocenters. The maximum Gasteiger partial charge on any atom is 0 e. The summed E-state index contributed by atoms with van der Waals surface area (Å²) < 4.78 is 0. The average Bonchev–Trinajstić information content (AvgIpc) is 3.40. The summed E-state index contributed by atoms with van der Waals surface area (Å²) in [7, 11) is 0. The molecule has 0 aromatic carbocycles. The van der Waals surface area contributed by atoms with Crippen LogP contribution in [0.15, 0.2) is 0 Å². The summed E-state index contributed by atoms with van der Waals surface area (Å²) in [6.45, 7) is 0. The van der Waals surface area contributed by atoms with E-state index in [1.807, 2.05) is 128 Å². The average molecular weight is 468 g/mol. The Bertz CT molecular complexity index is 96.4. The van der Waals surface area contributed by atoms with Gasteiger partial charge in [-0.3, -0.25) is 0 Å². The van der Waals surface area contributed by atoms with Gasteiger partial charge in [0.25, 0.3) is 0 Å². The van der Waals surface area contributed by atoms with E-state index in [1.165, 1.54) is 0 Å². The Morgan fingerprint density at radius 1 is 0.167 bits per heavy atom. The van der Waals surface area contributed by atoms with Crippen LogP contribution in [0.3, 0.4) is 0 Å². The molecule has 22 radical (unpaired) electrons. The molecule has 4 aliphatic carbocycles. The Balaban J connectivity index is -0.000000105. The van der Waals surface area contributed by atoms with Crippen LogP contribution in [0.1, 0.15) is 0 Å². The molecule has 0 bridgehead atoms. The third-order valence-electron chi connectivity index (χ3n) is 2.22. The second-order valence-electron chi connectivity index (χ2n) is 3.85. The van der Waals surface area contributed by atoms with Crippen LogP contribution in [0.25, 0.3) is 0 Å². The summed E-state index contributed by atoms with van der Waals surface area (Å²) in [5.74, 6) is 0. The molecule has 0 N–H and O–H groups in total. The number of rotatable bonds is 0. The van der Waals surface area contributed by atoms with Crippen LogP contribution < -0.4 is 0 Å². The summed E-state index contributed by atoms with van der Waals surface area (Å²) in [4.78, 5) is 0. The standard InChI is InChI=1S/4C5H5.2CH3.2Y/c4*1-2-4-5-3-1;;;;/h4*1-5H;2*1H3;;/q;;;;2*-1;;. The van der Waals surface area contributed by atoms with Crippen LogP contribution in [0.2, 0.25) is 0 Å². The van der Waals surface area contributed by atoms with Crippen LogP contribution in [0.4, 0.5) is 0 Å². The maximum atomic E-state index is 2.00. The summed E-state index contributed by atoms with van der Waals surface area (Å²) >= 11 is 0. The molecule has 0 spiro atoms. The molecule has 4 saturated carbocycles. The zero-order valence-electron chi connectivity index (χ0n) is 14.7. The minimum atomic E-state index is 0. The number of hydrogen-bond acceptors (Lipinski definition) is 0. The van der Waals surface area contributed by atoms with Crippen molar-refractivity contribution in [3.8, 4) is 0 Å². The van der Waals surface area contributed by atoms with Crippen molar-refractivity contribution in [3.05, 3.63) is 143 Å². The molecule has 4 fully saturated rings. The van der Waals surface area contributed by atoms with Crippen LogP contribution in [0, 0.1) is 143 Å². The van der Waals surface area contributed by atoms with Crippen molar-refractivity contribution in [1.82, 2.24) is 0 Å². The van der Waals surface area contributed by atoms with Crippen molar-refractivity contribution in [2.45, 2.75) is 0 Å². The molecule has 0 aliphatic heterocycles. The second-order valence-corrected chi connectivity index (χ2v) is 3.85. The second kappa shape index (κ2) is 30.0. The Hall–Kier alpha value is 2.21. The van der Waals surface area contributed by atoms with E-state index in [0.29, 0.717) is 0 Å². The van der Waals surface area contributed by atoms with Crippen molar-refractivity contribution < 1.29 is 65.4 Å². The van der Waals surface area contributed by atoms with Crippen molar-refractivity contribution in [2.75, 3.05) is 0 Å². The third-order valence-corrected chi connectivity index (χ3v) is 2.22. The summed E-state index contributed by atoms with van der Waals surface area (Å²) in [5, 5.41) is 0. The molecule has 122 valence electrons. The minimum Gasteiger partial charge on any atom is -0.358 e. The fourth-order valence-corrected chi connectivity index (χ4v) is 1.28. The molecular formula is C22H26Y2-2. The van der Waals surface area contributed by atoms with E-state index in [1.54, 1.807) is 0 Å². The van der Waals surface area contributed by atoms with E-state index in [9.17, 15) is 0 Å². The molecule has 4 aliphatic rings. The van der Waals surface area contributed by atoms with E-state index in [-0.39, 0.29) is 80.3 Å². The van der Waals surface area contributed by atoms with Crippen LogP contribution >= 0.6 is 0 Å². The van der Waals surface area contributed by atoms with Gasteiger partial charge >= 0.3 is 0 Å². The SMILES string of the molecule is [CH3-].[CH3-].[CH]1[CH][CH][CH][CH]1.[CH]1[CH][CH][CH][CH]1.[CH]1[CH][CH][CH][CH]1.[CH]1[CH][CH][CH][CH]1.[Y].[Y]. The van der Waals surface area contributed by atoms with Gasteiger partial charge in [-0.15, -0.1) is 0 Å². The zero-order chi connectivity index (χ0) is 14.1. The first-order valence-corrected chi connectivity index (χ1v) is 6.67. The summed E-state index contributed by atoms with van der Waals surface area (Å²) in [6.07, 6.45) is 40.0. The molecule has 0 aromatic rings. The van der Waals surface area contributed by atoms with E-state index in [0.717, 1.165) is 0 Å². The van der Waals surface area contributed by atoms with E-state index >= 15 is 0 Å². The van der Waals surface area contributed by atoms with Gasteiger partial charge in [-0.05, 0) is 128 Å². The molecule has 0 nitrogen and oxygen atoms in total. The predicted octanol–water partition coefficient (Wildman–Crippen LogP) is 4.98. The van der Waals surface area contributed by atoms with Crippen molar-refractivity contribution >= 4 is 0 Å². The zero-order valence-corrected chi connectivity index (χ0v) is 20.4. The third kappa shape index (κ3) is 26.4. The van der Waals surface area contributed by atoms with Gasteiger partial charge in [-0.25, -0.2) is 0 Å². The van der Waals surface area contributed by atoms with E-state index < -0.39 is 0 Å². The van der Waals surface area contributed by atoms with Gasteiger partial charge in [0.15, 0.2) is 0 Å². The first-order valence-electron chi connectivity index (χ1n) is 6.67. The first-order chi connectivity index (χ1) is 10.0. The van der Waals surface area contributed by atoms with Gasteiger partial charge in [0, 0.05) is 65.4 Å². The summed E-state index contributed by atoms with van der Waals surface area (Å²) in [6, 6.07) is 0. The Kier molecular flexibility index (Phi) is 42.1. The Morgan fingerprint density at radius 3 is 0.250 bits per heavy atom. The molecule has 0 amide bonds.